The van der Waals surface area contributed by atoms with Crippen LogP contribution in [0.15, 0.2) is 0 Å². The number of carboxylic acids is 1. The van der Waals surface area contributed by atoms with Crippen LogP contribution in [0.3, 0.4) is 0 Å². The lowest BCUT2D eigenvalue weighted by Crippen LogP contribution is -2.43. The Bertz CT molecular complexity index is 294. The first-order chi connectivity index (χ1) is 7.16. The van der Waals surface area contributed by atoms with Crippen molar-refractivity contribution in [2.75, 3.05) is 6.61 Å². The Balaban J connectivity index is 4.67. The van der Waals surface area contributed by atoms with Crippen LogP contribution >= 0.6 is 0 Å². The predicted octanol–water partition coefficient (Wildman–Crippen LogP) is 0.592. The molecule has 0 radical (unpaired) electrons. The number of aliphatic carboxylic acids is 1. The highest BCUT2D eigenvalue weighted by Gasteiger charge is 2.39. The summed E-state index contributed by atoms with van der Waals surface area (Å²) in [5, 5.41) is 8.91. The van der Waals surface area contributed by atoms with Gasteiger partial charge in [-0.2, -0.15) is 0 Å². The van der Waals surface area contributed by atoms with Gasteiger partial charge in [-0.3, -0.25) is 9.59 Å². The normalized spacial score (nSPS) is 12.8. The molecule has 0 aliphatic rings. The summed E-state index contributed by atoms with van der Waals surface area (Å²) in [7, 11) is 0. The average Bonchev–Trinajstić information content (AvgIpc) is 2.10. The SMILES string of the molecule is CC(=O)OCC(C)(C)C(OC(C)=O)C(=O)O. The first-order valence-corrected chi connectivity index (χ1v) is 4.70. The molecule has 0 rings (SSSR count). The summed E-state index contributed by atoms with van der Waals surface area (Å²) < 4.78 is 9.40. The number of hydrogen-bond donors (Lipinski definition) is 1. The highest BCUT2D eigenvalue weighted by Crippen LogP contribution is 2.24. The van der Waals surface area contributed by atoms with Gasteiger partial charge in [0.05, 0.1) is 0 Å². The zero-order valence-corrected chi connectivity index (χ0v) is 9.77. The molecular weight excluding hydrogens is 216 g/mol. The molecule has 0 aromatic heterocycles. The highest BCUT2D eigenvalue weighted by molar-refractivity contribution is 5.77. The molecule has 1 N–H and O–H groups in total. The summed E-state index contributed by atoms with van der Waals surface area (Å²) in [6.07, 6.45) is -1.34. The minimum Gasteiger partial charge on any atom is -0.478 e. The van der Waals surface area contributed by atoms with Crippen molar-refractivity contribution in [1.82, 2.24) is 0 Å². The van der Waals surface area contributed by atoms with E-state index in [4.69, 9.17) is 9.84 Å². The van der Waals surface area contributed by atoms with Crippen LogP contribution in [0.1, 0.15) is 27.7 Å². The molecule has 0 fully saturated rings. The third kappa shape index (κ3) is 4.77. The van der Waals surface area contributed by atoms with Gasteiger partial charge < -0.3 is 14.6 Å². The smallest absolute Gasteiger partial charge is 0.345 e. The van der Waals surface area contributed by atoms with Gasteiger partial charge in [-0.05, 0) is 0 Å². The molecule has 0 heterocycles. The van der Waals surface area contributed by atoms with E-state index in [1.807, 2.05) is 0 Å². The Morgan fingerprint density at radius 3 is 2.00 bits per heavy atom. The summed E-state index contributed by atoms with van der Waals surface area (Å²) in [5.74, 6) is -2.48. The number of carboxylic acid groups (broad SMARTS) is 1. The van der Waals surface area contributed by atoms with E-state index in [2.05, 4.69) is 4.74 Å². The summed E-state index contributed by atoms with van der Waals surface area (Å²) in [5.41, 5.74) is -0.983. The Morgan fingerprint density at radius 1 is 1.19 bits per heavy atom. The van der Waals surface area contributed by atoms with Gasteiger partial charge in [0.25, 0.3) is 0 Å². The molecule has 16 heavy (non-hydrogen) atoms. The second kappa shape index (κ2) is 5.48. The van der Waals surface area contributed by atoms with Crippen LogP contribution in [0, 0.1) is 5.41 Å². The number of carbonyl (C=O) groups is 3. The van der Waals surface area contributed by atoms with E-state index in [9.17, 15) is 14.4 Å². The van der Waals surface area contributed by atoms with Gasteiger partial charge in [-0.25, -0.2) is 4.79 Å². The van der Waals surface area contributed by atoms with Crippen molar-refractivity contribution in [3.05, 3.63) is 0 Å². The van der Waals surface area contributed by atoms with E-state index in [1.54, 1.807) is 0 Å². The quantitative estimate of drug-likeness (QED) is 0.698. The molecule has 0 amide bonds. The van der Waals surface area contributed by atoms with Crippen LogP contribution in [0.5, 0.6) is 0 Å². The molecule has 1 unspecified atom stereocenters. The second-order valence-electron chi connectivity index (χ2n) is 4.10. The largest absolute Gasteiger partial charge is 0.478 e. The van der Waals surface area contributed by atoms with Gasteiger partial charge in [0, 0.05) is 19.3 Å². The maximum atomic E-state index is 10.9. The van der Waals surface area contributed by atoms with Gasteiger partial charge in [-0.15, -0.1) is 0 Å². The molecule has 6 nitrogen and oxygen atoms in total. The molecule has 0 aromatic carbocycles. The zero-order chi connectivity index (χ0) is 12.9. The fraction of sp³-hybridized carbons (Fsp3) is 0.700. The van der Waals surface area contributed by atoms with Crippen molar-refractivity contribution in [3.63, 3.8) is 0 Å². The van der Waals surface area contributed by atoms with Crippen molar-refractivity contribution in [2.45, 2.75) is 33.8 Å². The van der Waals surface area contributed by atoms with Crippen LogP contribution < -0.4 is 0 Å². The van der Waals surface area contributed by atoms with Crippen molar-refractivity contribution in [3.8, 4) is 0 Å². The molecule has 0 bridgehead atoms. The van der Waals surface area contributed by atoms with E-state index < -0.39 is 29.4 Å². The minimum absolute atomic E-state index is 0.132. The fourth-order valence-corrected chi connectivity index (χ4v) is 1.07. The molecule has 92 valence electrons. The molecule has 6 heteroatoms. The van der Waals surface area contributed by atoms with Gasteiger partial charge in [0.2, 0.25) is 6.10 Å². The highest BCUT2D eigenvalue weighted by atomic mass is 16.6. The van der Waals surface area contributed by atoms with E-state index in [-0.39, 0.29) is 6.61 Å². The van der Waals surface area contributed by atoms with E-state index in [0.717, 1.165) is 6.92 Å². The molecule has 0 aromatic rings. The number of rotatable bonds is 5. The van der Waals surface area contributed by atoms with Gasteiger partial charge in [0.15, 0.2) is 0 Å². The molecular formula is C10H16O6. The second-order valence-corrected chi connectivity index (χ2v) is 4.10. The van der Waals surface area contributed by atoms with Gasteiger partial charge >= 0.3 is 17.9 Å². The summed E-state index contributed by atoms with van der Waals surface area (Å²) >= 11 is 0. The predicted molar refractivity (Wildman–Crippen MR) is 53.6 cm³/mol. The van der Waals surface area contributed by atoms with Gasteiger partial charge in [0.1, 0.15) is 6.61 Å². The summed E-state index contributed by atoms with van der Waals surface area (Å²) in [4.78, 5) is 32.3. The lowest BCUT2D eigenvalue weighted by atomic mass is 9.87. The molecule has 0 aliphatic heterocycles. The Hall–Kier alpha value is -1.59. The van der Waals surface area contributed by atoms with Crippen LogP contribution in [0.4, 0.5) is 0 Å². The monoisotopic (exact) mass is 232 g/mol. The van der Waals surface area contributed by atoms with Gasteiger partial charge in [-0.1, -0.05) is 13.8 Å². The lowest BCUT2D eigenvalue weighted by molar-refractivity contribution is -0.175. The van der Waals surface area contributed by atoms with Crippen LogP contribution in [0.25, 0.3) is 0 Å². The third-order valence-corrected chi connectivity index (χ3v) is 1.87. The zero-order valence-electron chi connectivity index (χ0n) is 9.77. The minimum atomic E-state index is -1.34. The van der Waals surface area contributed by atoms with Crippen molar-refractivity contribution >= 4 is 17.9 Å². The third-order valence-electron chi connectivity index (χ3n) is 1.87. The number of ether oxygens (including phenoxy) is 2. The number of carbonyl (C=O) groups excluding carboxylic acids is 2. The van der Waals surface area contributed by atoms with E-state index in [0.29, 0.717) is 0 Å². The Morgan fingerprint density at radius 2 is 1.69 bits per heavy atom. The van der Waals surface area contributed by atoms with E-state index in [1.165, 1.54) is 20.8 Å². The Kier molecular flexibility index (Phi) is 4.94. The molecule has 0 aliphatic carbocycles. The Labute approximate surface area is 93.5 Å². The topological polar surface area (TPSA) is 89.9 Å². The van der Waals surface area contributed by atoms with Crippen LogP contribution in [0.2, 0.25) is 0 Å². The standard InChI is InChI=1S/C10H16O6/c1-6(11)15-5-10(3,4)8(9(13)14)16-7(2)12/h8H,5H2,1-4H3,(H,13,14). The fourth-order valence-electron chi connectivity index (χ4n) is 1.07. The molecule has 0 saturated carbocycles. The average molecular weight is 232 g/mol. The first kappa shape index (κ1) is 14.4. The first-order valence-electron chi connectivity index (χ1n) is 4.70. The van der Waals surface area contributed by atoms with E-state index >= 15 is 0 Å². The number of esters is 2. The molecule has 0 saturated heterocycles. The van der Waals surface area contributed by atoms with Crippen LogP contribution in [-0.2, 0) is 23.9 Å². The maximum Gasteiger partial charge on any atom is 0.345 e. The summed E-state index contributed by atoms with van der Waals surface area (Å²) in [6.45, 7) is 5.29. The molecule has 0 spiro atoms. The van der Waals surface area contributed by atoms with Crippen molar-refractivity contribution in [2.24, 2.45) is 5.41 Å². The number of hydrogen-bond acceptors (Lipinski definition) is 5. The summed E-state index contributed by atoms with van der Waals surface area (Å²) in [6, 6.07) is 0. The van der Waals surface area contributed by atoms with Crippen LogP contribution in [-0.4, -0.2) is 35.7 Å². The lowest BCUT2D eigenvalue weighted by Gasteiger charge is -2.29. The van der Waals surface area contributed by atoms with Crippen molar-refractivity contribution < 1.29 is 29.0 Å². The van der Waals surface area contributed by atoms with Crippen molar-refractivity contribution in [1.29, 1.82) is 0 Å². The maximum absolute atomic E-state index is 10.9. The molecule has 1 atom stereocenters.